The second kappa shape index (κ2) is 4.91. The van der Waals surface area contributed by atoms with E-state index in [2.05, 4.69) is 20.9 Å². The quantitative estimate of drug-likeness (QED) is 0.774. The van der Waals surface area contributed by atoms with E-state index in [-0.39, 0.29) is 10.3 Å². The lowest BCUT2D eigenvalue weighted by molar-refractivity contribution is -0.138. The van der Waals surface area contributed by atoms with E-state index in [4.69, 9.17) is 16.9 Å². The number of rotatable bonds is 1. The molecular weight excluding hydrogens is 344 g/mol. The molecule has 0 atom stereocenters. The van der Waals surface area contributed by atoms with Gasteiger partial charge in [0.1, 0.15) is 11.6 Å². The normalized spacial score (nSPS) is 11.4. The molecular formula is C12H5BrClF3N2. The molecule has 19 heavy (non-hydrogen) atoms. The molecule has 98 valence electrons. The Morgan fingerprint density at radius 3 is 2.26 bits per heavy atom. The number of aromatic nitrogens is 1. The van der Waals surface area contributed by atoms with Gasteiger partial charge in [-0.05, 0) is 33.6 Å². The van der Waals surface area contributed by atoms with Crippen LogP contribution in [-0.4, -0.2) is 4.98 Å². The second-order valence-corrected chi connectivity index (χ2v) is 4.91. The van der Waals surface area contributed by atoms with Crippen LogP contribution in [0.1, 0.15) is 11.1 Å². The molecule has 1 heterocycles. The van der Waals surface area contributed by atoms with E-state index in [0.29, 0.717) is 10.6 Å². The molecule has 1 N–H and O–H groups in total. The minimum Gasteiger partial charge on any atom is -0.348 e. The zero-order valence-corrected chi connectivity index (χ0v) is 11.5. The Morgan fingerprint density at radius 2 is 1.79 bits per heavy atom. The number of halogens is 5. The van der Waals surface area contributed by atoms with E-state index in [9.17, 15) is 13.2 Å². The van der Waals surface area contributed by atoms with Gasteiger partial charge in [0.15, 0.2) is 0 Å². The summed E-state index contributed by atoms with van der Waals surface area (Å²) in [5.41, 5.74) is -0.878. The molecule has 0 spiro atoms. The Balaban J connectivity index is 2.67. The third-order valence-electron chi connectivity index (χ3n) is 2.48. The maximum absolute atomic E-state index is 12.9. The van der Waals surface area contributed by atoms with Crippen molar-refractivity contribution in [2.75, 3.05) is 0 Å². The topological polar surface area (TPSA) is 39.6 Å². The Kier molecular flexibility index (Phi) is 3.61. The van der Waals surface area contributed by atoms with Crippen molar-refractivity contribution >= 4 is 27.5 Å². The number of benzene rings is 1. The van der Waals surface area contributed by atoms with Gasteiger partial charge in [-0.1, -0.05) is 23.7 Å². The van der Waals surface area contributed by atoms with Crippen LogP contribution in [0.5, 0.6) is 0 Å². The molecule has 0 unspecified atom stereocenters. The molecule has 0 bridgehead atoms. The lowest BCUT2D eigenvalue weighted by atomic mass is 10.1. The van der Waals surface area contributed by atoms with Crippen LogP contribution in [0.15, 0.2) is 28.9 Å². The number of nitriles is 1. The summed E-state index contributed by atoms with van der Waals surface area (Å²) in [6, 6.07) is 7.76. The van der Waals surface area contributed by atoms with Gasteiger partial charge in [0.25, 0.3) is 0 Å². The van der Waals surface area contributed by atoms with Crippen LogP contribution >= 0.6 is 27.5 Å². The van der Waals surface area contributed by atoms with Gasteiger partial charge in [-0.3, -0.25) is 0 Å². The fourth-order valence-corrected chi connectivity index (χ4v) is 2.43. The zero-order valence-electron chi connectivity index (χ0n) is 9.15. The lowest BCUT2D eigenvalue weighted by Crippen LogP contribution is -2.06. The molecule has 1 aromatic heterocycles. The van der Waals surface area contributed by atoms with Crippen molar-refractivity contribution in [3.05, 3.63) is 45.0 Å². The fraction of sp³-hybridized carbons (Fsp3) is 0.0833. The van der Waals surface area contributed by atoms with Crippen molar-refractivity contribution in [1.82, 2.24) is 4.98 Å². The van der Waals surface area contributed by atoms with Crippen molar-refractivity contribution in [3.8, 4) is 17.3 Å². The average molecular weight is 350 g/mol. The Labute approximate surface area is 119 Å². The van der Waals surface area contributed by atoms with E-state index in [1.54, 1.807) is 30.3 Å². The monoisotopic (exact) mass is 348 g/mol. The molecule has 2 rings (SSSR count). The molecule has 7 heteroatoms. The van der Waals surface area contributed by atoms with Crippen LogP contribution in [0.3, 0.4) is 0 Å². The van der Waals surface area contributed by atoms with Gasteiger partial charge in [0.05, 0.1) is 15.9 Å². The Bertz CT molecular complexity index is 653. The van der Waals surface area contributed by atoms with Crippen molar-refractivity contribution in [3.63, 3.8) is 0 Å². The highest BCUT2D eigenvalue weighted by Gasteiger charge is 2.39. The molecule has 0 amide bonds. The predicted octanol–water partition coefficient (Wildman–Crippen LogP) is 4.99. The van der Waals surface area contributed by atoms with Gasteiger partial charge in [-0.25, -0.2) is 0 Å². The summed E-state index contributed by atoms with van der Waals surface area (Å²) in [7, 11) is 0. The fourth-order valence-electron chi connectivity index (χ4n) is 1.68. The molecule has 0 aliphatic heterocycles. The first-order chi connectivity index (χ1) is 8.84. The van der Waals surface area contributed by atoms with Gasteiger partial charge in [0.2, 0.25) is 0 Å². The lowest BCUT2D eigenvalue weighted by Gasteiger charge is -2.05. The SMILES string of the molecule is N#Cc1c(-c2ccc(Cl)cc2)[nH]c(Br)c1C(F)(F)F. The van der Waals surface area contributed by atoms with Gasteiger partial charge < -0.3 is 4.98 Å². The Hall–Kier alpha value is -1.45. The first-order valence-corrected chi connectivity index (χ1v) is 6.16. The van der Waals surface area contributed by atoms with Crippen LogP contribution in [0.25, 0.3) is 11.3 Å². The summed E-state index contributed by atoms with van der Waals surface area (Å²) < 4.78 is 38.3. The van der Waals surface area contributed by atoms with Crippen LogP contribution < -0.4 is 0 Å². The second-order valence-electron chi connectivity index (χ2n) is 3.68. The van der Waals surface area contributed by atoms with Crippen molar-refractivity contribution < 1.29 is 13.2 Å². The number of hydrogen-bond acceptors (Lipinski definition) is 1. The molecule has 0 saturated heterocycles. The van der Waals surface area contributed by atoms with E-state index in [1.165, 1.54) is 0 Å². The van der Waals surface area contributed by atoms with E-state index >= 15 is 0 Å². The summed E-state index contributed by atoms with van der Waals surface area (Å²) >= 11 is 8.52. The molecule has 1 aromatic carbocycles. The summed E-state index contributed by atoms with van der Waals surface area (Å²) in [6.07, 6.45) is -4.61. The molecule has 0 radical (unpaired) electrons. The summed E-state index contributed by atoms with van der Waals surface area (Å²) in [5.74, 6) is 0. The Morgan fingerprint density at radius 1 is 1.21 bits per heavy atom. The number of H-pyrrole nitrogens is 1. The number of nitrogens with one attached hydrogen (secondary N) is 1. The van der Waals surface area contributed by atoms with Crippen molar-refractivity contribution in [2.45, 2.75) is 6.18 Å². The maximum Gasteiger partial charge on any atom is 0.420 e. The first-order valence-electron chi connectivity index (χ1n) is 4.99. The number of aromatic amines is 1. The number of nitrogens with zero attached hydrogens (tertiary/aromatic N) is 1. The van der Waals surface area contributed by atoms with E-state index < -0.39 is 17.3 Å². The number of hydrogen-bond donors (Lipinski definition) is 1. The highest BCUT2D eigenvalue weighted by atomic mass is 79.9. The molecule has 0 saturated carbocycles. The highest BCUT2D eigenvalue weighted by Crippen LogP contribution is 2.41. The highest BCUT2D eigenvalue weighted by molar-refractivity contribution is 9.10. The van der Waals surface area contributed by atoms with Crippen molar-refractivity contribution in [2.24, 2.45) is 0 Å². The van der Waals surface area contributed by atoms with E-state index in [1.807, 2.05) is 0 Å². The van der Waals surface area contributed by atoms with Crippen LogP contribution in [0.4, 0.5) is 13.2 Å². The van der Waals surface area contributed by atoms with Gasteiger partial charge in [0, 0.05) is 5.02 Å². The number of alkyl halides is 3. The molecule has 0 aliphatic rings. The van der Waals surface area contributed by atoms with Crippen LogP contribution in [0, 0.1) is 11.3 Å². The first kappa shape index (κ1) is 14.0. The van der Waals surface area contributed by atoms with Crippen LogP contribution in [0.2, 0.25) is 5.02 Å². The predicted molar refractivity (Wildman–Crippen MR) is 68.7 cm³/mol. The summed E-state index contributed by atoms with van der Waals surface area (Å²) in [6.45, 7) is 0. The van der Waals surface area contributed by atoms with Crippen LogP contribution in [-0.2, 0) is 6.18 Å². The third kappa shape index (κ3) is 2.62. The zero-order chi connectivity index (χ0) is 14.2. The minimum absolute atomic E-state index is 0.110. The summed E-state index contributed by atoms with van der Waals surface area (Å²) in [5, 5.41) is 9.44. The van der Waals surface area contributed by atoms with Gasteiger partial charge in [-0.2, -0.15) is 18.4 Å². The molecule has 2 aromatic rings. The largest absolute Gasteiger partial charge is 0.420 e. The molecule has 0 fully saturated rings. The molecule has 0 aliphatic carbocycles. The standard InChI is InChI=1S/C12H5BrClF3N2/c13-11-9(12(15,16)17)8(5-18)10(19-11)6-1-3-7(14)4-2-6/h1-4,19H. The van der Waals surface area contributed by atoms with Gasteiger partial charge >= 0.3 is 6.18 Å². The smallest absolute Gasteiger partial charge is 0.348 e. The average Bonchev–Trinajstić information content (AvgIpc) is 2.66. The van der Waals surface area contributed by atoms with Crippen molar-refractivity contribution in [1.29, 1.82) is 5.26 Å². The summed E-state index contributed by atoms with van der Waals surface area (Å²) in [4.78, 5) is 2.54. The third-order valence-corrected chi connectivity index (χ3v) is 3.33. The molecule has 2 nitrogen and oxygen atoms in total. The van der Waals surface area contributed by atoms with E-state index in [0.717, 1.165) is 0 Å². The van der Waals surface area contributed by atoms with Gasteiger partial charge in [-0.15, -0.1) is 0 Å². The maximum atomic E-state index is 12.9. The minimum atomic E-state index is -4.61.